The van der Waals surface area contributed by atoms with E-state index in [1.165, 1.54) is 17.2 Å². The van der Waals surface area contributed by atoms with Crippen LogP contribution < -0.4 is 5.32 Å². The average Bonchev–Trinajstić information content (AvgIpc) is 2.88. The molecule has 0 saturated carbocycles. The number of aromatic carboxylic acids is 1. The van der Waals surface area contributed by atoms with Crippen LogP contribution in [-0.4, -0.2) is 29.3 Å². The first-order valence-corrected chi connectivity index (χ1v) is 13.0. The maximum Gasteiger partial charge on any atom is 0.336 e. The fraction of sp³-hybridized carbons (Fsp3) is 0.242. The molecule has 194 valence electrons. The minimum Gasteiger partial charge on any atom is -0.478 e. The van der Waals surface area contributed by atoms with Gasteiger partial charge in [0.05, 0.1) is 5.56 Å². The van der Waals surface area contributed by atoms with Crippen molar-refractivity contribution in [3.63, 3.8) is 0 Å². The number of fused-ring (bicyclic) bond motifs is 1. The van der Waals surface area contributed by atoms with Crippen LogP contribution in [-0.2, 0) is 12.8 Å². The predicted octanol–water partition coefficient (Wildman–Crippen LogP) is 6.64. The lowest BCUT2D eigenvalue weighted by Crippen LogP contribution is -2.26. The third kappa shape index (κ3) is 6.17. The Labute approximate surface area is 223 Å². The van der Waals surface area contributed by atoms with Gasteiger partial charge in [-0.25, -0.2) is 4.79 Å². The number of carbonyl (C=O) groups excluding carboxylic acids is 2. The topological polar surface area (TPSA) is 83.5 Å². The molecule has 5 heteroatoms. The molecular formula is C33H33NO4. The van der Waals surface area contributed by atoms with E-state index in [1.807, 2.05) is 57.2 Å². The number of hydrogen-bond donors (Lipinski definition) is 2. The average molecular weight is 508 g/mol. The van der Waals surface area contributed by atoms with E-state index < -0.39 is 5.97 Å². The van der Waals surface area contributed by atoms with Crippen molar-refractivity contribution in [1.82, 2.24) is 5.32 Å². The molecule has 1 amide bonds. The third-order valence-electron chi connectivity index (χ3n) is 6.88. The maximum absolute atomic E-state index is 13.3. The summed E-state index contributed by atoms with van der Waals surface area (Å²) in [5.74, 6) is -1.53. The number of carboxylic acids is 1. The van der Waals surface area contributed by atoms with Gasteiger partial charge in [-0.1, -0.05) is 65.7 Å². The fourth-order valence-corrected chi connectivity index (χ4v) is 5.01. The van der Waals surface area contributed by atoms with Crippen LogP contribution in [0.5, 0.6) is 0 Å². The number of benzene rings is 4. The molecule has 0 aliphatic carbocycles. The van der Waals surface area contributed by atoms with Crippen LogP contribution in [0.3, 0.4) is 0 Å². The molecule has 4 aromatic carbocycles. The van der Waals surface area contributed by atoms with E-state index in [1.54, 1.807) is 18.2 Å². The second-order valence-corrected chi connectivity index (χ2v) is 9.91. The van der Waals surface area contributed by atoms with E-state index in [2.05, 4.69) is 17.4 Å². The molecule has 0 radical (unpaired) electrons. The van der Waals surface area contributed by atoms with Crippen molar-refractivity contribution in [2.45, 2.75) is 46.5 Å². The van der Waals surface area contributed by atoms with Gasteiger partial charge in [-0.3, -0.25) is 9.59 Å². The van der Waals surface area contributed by atoms with Crippen LogP contribution in [0, 0.1) is 20.8 Å². The van der Waals surface area contributed by atoms with E-state index in [-0.39, 0.29) is 23.7 Å². The van der Waals surface area contributed by atoms with Gasteiger partial charge in [-0.2, -0.15) is 0 Å². The highest BCUT2D eigenvalue weighted by Crippen LogP contribution is 2.31. The number of Topliss-reactive ketones (excluding diaryl/α,β-unsaturated/α-hetero) is 1. The van der Waals surface area contributed by atoms with Gasteiger partial charge in [0, 0.05) is 29.5 Å². The van der Waals surface area contributed by atoms with Gasteiger partial charge in [0.1, 0.15) is 0 Å². The number of aryl methyl sites for hydroxylation is 4. The largest absolute Gasteiger partial charge is 0.478 e. The van der Waals surface area contributed by atoms with Crippen molar-refractivity contribution in [2.24, 2.45) is 0 Å². The van der Waals surface area contributed by atoms with Gasteiger partial charge in [0.25, 0.3) is 5.91 Å². The molecule has 0 spiro atoms. The van der Waals surface area contributed by atoms with Crippen LogP contribution in [0.2, 0.25) is 0 Å². The lowest BCUT2D eigenvalue weighted by molar-refractivity contribution is 0.0698. The standard InChI is InChI=1S/C33H33NO4/c1-21-7-4-9-24(19-21)11-6-12-29(35)26-15-16-27(30-23(3)13-14-28(31(26)30)33(37)38)32(36)34-18-17-25-10-5-8-22(2)20-25/h4-5,7-10,13-16,19-20H,6,11-12,17-18H2,1-3H3,(H,34,36)(H,37,38). The van der Waals surface area contributed by atoms with Gasteiger partial charge in [0.15, 0.2) is 5.78 Å². The molecule has 0 aromatic heterocycles. The zero-order valence-corrected chi connectivity index (χ0v) is 22.1. The predicted molar refractivity (Wildman–Crippen MR) is 151 cm³/mol. The molecule has 4 rings (SSSR count). The molecule has 0 unspecified atom stereocenters. The van der Waals surface area contributed by atoms with E-state index in [0.717, 1.165) is 23.1 Å². The normalized spacial score (nSPS) is 10.9. The highest BCUT2D eigenvalue weighted by atomic mass is 16.4. The summed E-state index contributed by atoms with van der Waals surface area (Å²) in [7, 11) is 0. The number of hydrogen-bond acceptors (Lipinski definition) is 3. The van der Waals surface area contributed by atoms with Gasteiger partial charge in [0.2, 0.25) is 0 Å². The van der Waals surface area contributed by atoms with E-state index >= 15 is 0 Å². The van der Waals surface area contributed by atoms with Crippen LogP contribution in [0.25, 0.3) is 10.8 Å². The van der Waals surface area contributed by atoms with Crippen LogP contribution in [0.4, 0.5) is 0 Å². The summed E-state index contributed by atoms with van der Waals surface area (Å²) in [5, 5.41) is 13.8. The van der Waals surface area contributed by atoms with Crippen LogP contribution in [0.1, 0.15) is 71.7 Å². The Hall–Kier alpha value is -4.25. The molecule has 0 heterocycles. The van der Waals surface area contributed by atoms with Crippen molar-refractivity contribution in [1.29, 1.82) is 0 Å². The Morgan fingerprint density at radius 1 is 0.711 bits per heavy atom. The first-order chi connectivity index (χ1) is 18.2. The van der Waals surface area contributed by atoms with Crippen molar-refractivity contribution >= 4 is 28.4 Å². The highest BCUT2D eigenvalue weighted by molar-refractivity contribution is 6.20. The third-order valence-corrected chi connectivity index (χ3v) is 6.88. The summed E-state index contributed by atoms with van der Waals surface area (Å²) in [5.41, 5.74) is 6.14. The smallest absolute Gasteiger partial charge is 0.336 e. The molecule has 0 saturated heterocycles. The number of nitrogens with one attached hydrogen (secondary N) is 1. The quantitative estimate of drug-likeness (QED) is 0.236. The molecule has 5 nitrogen and oxygen atoms in total. The molecule has 0 fully saturated rings. The second-order valence-electron chi connectivity index (χ2n) is 9.91. The SMILES string of the molecule is Cc1cccc(CCCC(=O)c2ccc(C(=O)NCCc3cccc(C)c3)c3c(C)ccc(C(=O)O)c23)c1. The molecule has 0 aliphatic rings. The summed E-state index contributed by atoms with van der Waals surface area (Å²) in [6, 6.07) is 22.8. The number of carbonyl (C=O) groups is 3. The highest BCUT2D eigenvalue weighted by Gasteiger charge is 2.22. The number of rotatable bonds is 10. The zero-order valence-electron chi connectivity index (χ0n) is 22.1. The zero-order chi connectivity index (χ0) is 27.2. The Balaban J connectivity index is 1.60. The summed E-state index contributed by atoms with van der Waals surface area (Å²) in [6.45, 7) is 6.35. The minimum atomic E-state index is -1.12. The number of amides is 1. The summed E-state index contributed by atoms with van der Waals surface area (Å²) in [4.78, 5) is 38.7. The molecule has 4 aromatic rings. The molecule has 0 bridgehead atoms. The van der Waals surface area contributed by atoms with Crippen molar-refractivity contribution in [2.75, 3.05) is 6.54 Å². The summed E-state index contributed by atoms with van der Waals surface area (Å²) in [6.07, 6.45) is 2.39. The maximum atomic E-state index is 13.3. The van der Waals surface area contributed by atoms with Gasteiger partial charge < -0.3 is 10.4 Å². The molecule has 38 heavy (non-hydrogen) atoms. The van der Waals surface area contributed by atoms with Gasteiger partial charge in [-0.15, -0.1) is 0 Å². The summed E-state index contributed by atoms with van der Waals surface area (Å²) < 4.78 is 0. The van der Waals surface area contributed by atoms with E-state index in [9.17, 15) is 19.5 Å². The Bertz CT molecular complexity index is 1520. The Morgan fingerprint density at radius 2 is 1.32 bits per heavy atom. The van der Waals surface area contributed by atoms with Crippen molar-refractivity contribution in [3.8, 4) is 0 Å². The molecule has 2 N–H and O–H groups in total. The molecule has 0 aliphatic heterocycles. The summed E-state index contributed by atoms with van der Waals surface area (Å²) >= 11 is 0. The van der Waals surface area contributed by atoms with Gasteiger partial charge >= 0.3 is 5.97 Å². The Morgan fingerprint density at radius 3 is 1.95 bits per heavy atom. The fourth-order valence-electron chi connectivity index (χ4n) is 5.01. The van der Waals surface area contributed by atoms with Crippen molar-refractivity contribution < 1.29 is 19.5 Å². The monoisotopic (exact) mass is 507 g/mol. The molecular weight excluding hydrogens is 474 g/mol. The lowest BCUT2D eigenvalue weighted by atomic mass is 9.89. The number of ketones is 1. The first-order valence-electron chi connectivity index (χ1n) is 13.0. The first kappa shape index (κ1) is 26.8. The van der Waals surface area contributed by atoms with Crippen LogP contribution in [0.15, 0.2) is 72.8 Å². The number of carboxylic acid groups (broad SMARTS) is 1. The lowest BCUT2D eigenvalue weighted by Gasteiger charge is -2.15. The Kier molecular flexibility index (Phi) is 8.37. The van der Waals surface area contributed by atoms with E-state index in [4.69, 9.17) is 0 Å². The van der Waals surface area contributed by atoms with Gasteiger partial charge in [-0.05, 0) is 80.3 Å². The molecule has 0 atom stereocenters. The van der Waals surface area contributed by atoms with Crippen molar-refractivity contribution in [3.05, 3.63) is 117 Å². The van der Waals surface area contributed by atoms with Crippen LogP contribution >= 0.6 is 0 Å². The minimum absolute atomic E-state index is 0.0297. The van der Waals surface area contributed by atoms with E-state index in [0.29, 0.717) is 41.3 Å². The second kappa shape index (κ2) is 11.9.